The van der Waals surface area contributed by atoms with Gasteiger partial charge in [0.2, 0.25) is 15.9 Å². The van der Waals surface area contributed by atoms with Gasteiger partial charge in [-0.1, -0.05) is 6.92 Å². The van der Waals surface area contributed by atoms with Gasteiger partial charge in [-0.25, -0.2) is 21.9 Å². The first-order valence-corrected chi connectivity index (χ1v) is 8.84. The summed E-state index contributed by atoms with van der Waals surface area (Å²) in [5.74, 6) is -3.27. The first-order chi connectivity index (χ1) is 10.9. The first-order valence-electron chi connectivity index (χ1n) is 7.36. The third-order valence-corrected chi connectivity index (χ3v) is 4.74. The van der Waals surface area contributed by atoms with Gasteiger partial charge in [0.25, 0.3) is 0 Å². The molecule has 1 unspecified atom stereocenters. The first kappa shape index (κ1) is 23.7. The normalized spacial score (nSPS) is 13.1. The van der Waals surface area contributed by atoms with Crippen LogP contribution in [0.25, 0.3) is 0 Å². The van der Waals surface area contributed by atoms with Gasteiger partial charge in [0, 0.05) is 24.1 Å². The quantitative estimate of drug-likeness (QED) is 0.684. The number of anilines is 1. The molecule has 0 bridgehead atoms. The number of amides is 1. The van der Waals surface area contributed by atoms with Gasteiger partial charge in [-0.3, -0.25) is 4.79 Å². The largest absolute Gasteiger partial charge is 0.323 e. The van der Waals surface area contributed by atoms with E-state index in [0.717, 1.165) is 6.07 Å². The Morgan fingerprint density at radius 1 is 1.20 bits per heavy atom. The molecule has 1 aromatic carbocycles. The van der Waals surface area contributed by atoms with Crippen LogP contribution in [0, 0.1) is 17.6 Å². The molecule has 0 saturated heterocycles. The van der Waals surface area contributed by atoms with E-state index < -0.39 is 49.6 Å². The lowest BCUT2D eigenvalue weighted by molar-refractivity contribution is -0.119. The summed E-state index contributed by atoms with van der Waals surface area (Å²) in [6, 6.07) is 1.22. The number of carbonyl (C=O) groups excluding carboxylic acids is 1. The van der Waals surface area contributed by atoms with Crippen LogP contribution in [0.5, 0.6) is 0 Å². The van der Waals surface area contributed by atoms with E-state index >= 15 is 0 Å². The third-order valence-electron chi connectivity index (χ3n) is 2.97. The molecule has 1 amide bonds. The van der Waals surface area contributed by atoms with Crippen LogP contribution >= 0.6 is 12.4 Å². The minimum atomic E-state index is -4.21. The Morgan fingerprint density at radius 2 is 1.76 bits per heavy atom. The van der Waals surface area contributed by atoms with E-state index in [2.05, 4.69) is 15.4 Å². The molecule has 10 heteroatoms. The number of sulfonamides is 1. The molecule has 0 aliphatic carbocycles. The minimum absolute atomic E-state index is 0. The van der Waals surface area contributed by atoms with Gasteiger partial charge in [0.15, 0.2) is 0 Å². The molecular weight excluding hydrogens is 376 g/mol. The van der Waals surface area contributed by atoms with Gasteiger partial charge in [-0.2, -0.15) is 0 Å². The Hall–Kier alpha value is -1.29. The Bertz CT molecular complexity index is 721. The predicted molar refractivity (Wildman–Crippen MR) is 95.4 cm³/mol. The lowest BCUT2D eigenvalue weighted by Gasteiger charge is -2.21. The zero-order valence-electron chi connectivity index (χ0n) is 14.7. The molecule has 0 aromatic heterocycles. The monoisotopic (exact) mass is 399 g/mol. The zero-order chi connectivity index (χ0) is 18.7. The summed E-state index contributed by atoms with van der Waals surface area (Å²) >= 11 is 0. The Labute approximate surface area is 153 Å². The van der Waals surface area contributed by atoms with E-state index in [0.29, 0.717) is 12.6 Å². The molecule has 0 spiro atoms. The fraction of sp³-hybridized carbons (Fsp3) is 0.533. The molecular formula is C15H24ClF2N3O3S. The number of halogens is 3. The van der Waals surface area contributed by atoms with Crippen LogP contribution in [-0.4, -0.2) is 33.5 Å². The summed E-state index contributed by atoms with van der Waals surface area (Å²) in [6.45, 7) is 6.74. The average Bonchev–Trinajstić information content (AvgIpc) is 2.38. The zero-order valence-corrected chi connectivity index (χ0v) is 16.4. The Balaban J connectivity index is 0.00000576. The minimum Gasteiger partial charge on any atom is -0.323 e. The van der Waals surface area contributed by atoms with Crippen molar-refractivity contribution in [3.63, 3.8) is 0 Å². The highest BCUT2D eigenvalue weighted by Gasteiger charge is 2.27. The molecule has 144 valence electrons. The van der Waals surface area contributed by atoms with E-state index in [9.17, 15) is 22.0 Å². The summed E-state index contributed by atoms with van der Waals surface area (Å²) in [7, 11) is -2.55. The second kappa shape index (κ2) is 8.88. The number of carbonyl (C=O) groups is 1. The predicted octanol–water partition coefficient (Wildman–Crippen LogP) is 2.26. The van der Waals surface area contributed by atoms with E-state index in [-0.39, 0.29) is 12.4 Å². The summed E-state index contributed by atoms with van der Waals surface area (Å²) in [4.78, 5) is 11.2. The van der Waals surface area contributed by atoms with Crippen molar-refractivity contribution >= 4 is 34.0 Å². The van der Waals surface area contributed by atoms with Gasteiger partial charge in [-0.15, -0.1) is 12.4 Å². The van der Waals surface area contributed by atoms with Crippen molar-refractivity contribution in [3.8, 4) is 0 Å². The van der Waals surface area contributed by atoms with Gasteiger partial charge in [0.1, 0.15) is 16.5 Å². The second-order valence-electron chi connectivity index (χ2n) is 6.57. The number of rotatable bonds is 6. The molecule has 1 atom stereocenters. The molecule has 0 heterocycles. The topological polar surface area (TPSA) is 87.3 Å². The fourth-order valence-corrected chi connectivity index (χ4v) is 3.45. The molecule has 3 N–H and O–H groups in total. The van der Waals surface area contributed by atoms with Crippen LogP contribution in [0.2, 0.25) is 0 Å². The van der Waals surface area contributed by atoms with Crippen LogP contribution in [-0.2, 0) is 14.8 Å². The standard InChI is InChI=1S/C15H23F2N3O3S.ClH/c1-9(8-18-5)14(21)19-12-7-13(11(17)6-10(12)16)24(22,23)20-15(2,3)4;/h6-7,9,18,20H,8H2,1-5H3,(H,19,21);1H. The molecule has 6 nitrogen and oxygen atoms in total. The molecule has 25 heavy (non-hydrogen) atoms. The van der Waals surface area contributed by atoms with Gasteiger partial charge in [-0.05, 0) is 33.9 Å². The molecule has 0 fully saturated rings. The van der Waals surface area contributed by atoms with E-state index in [1.165, 1.54) is 0 Å². The molecule has 0 aliphatic rings. The van der Waals surface area contributed by atoms with E-state index in [4.69, 9.17) is 0 Å². The van der Waals surface area contributed by atoms with Crippen LogP contribution in [0.3, 0.4) is 0 Å². The summed E-state index contributed by atoms with van der Waals surface area (Å²) in [5.41, 5.74) is -1.23. The smallest absolute Gasteiger partial charge is 0.244 e. The number of benzene rings is 1. The second-order valence-corrected chi connectivity index (χ2v) is 8.22. The summed E-state index contributed by atoms with van der Waals surface area (Å²) in [5, 5.41) is 5.08. The number of hydrogen-bond acceptors (Lipinski definition) is 4. The highest BCUT2D eigenvalue weighted by Crippen LogP contribution is 2.24. The van der Waals surface area contributed by atoms with Gasteiger partial charge < -0.3 is 10.6 Å². The van der Waals surface area contributed by atoms with E-state index in [1.54, 1.807) is 34.7 Å². The SMILES string of the molecule is CNCC(C)C(=O)Nc1cc(S(=O)(=O)NC(C)(C)C)c(F)cc1F.Cl. The third kappa shape index (κ3) is 6.85. The molecule has 0 saturated carbocycles. The Kier molecular flexibility index (Phi) is 8.43. The lowest BCUT2D eigenvalue weighted by Crippen LogP contribution is -2.40. The van der Waals surface area contributed by atoms with Crippen molar-refractivity contribution in [2.75, 3.05) is 18.9 Å². The van der Waals surface area contributed by atoms with Crippen LogP contribution in [0.4, 0.5) is 14.5 Å². The average molecular weight is 400 g/mol. The maximum absolute atomic E-state index is 13.9. The van der Waals surface area contributed by atoms with Crippen LogP contribution < -0.4 is 15.4 Å². The summed E-state index contributed by atoms with van der Waals surface area (Å²) in [6.07, 6.45) is 0. The van der Waals surface area contributed by atoms with Crippen molar-refractivity contribution in [3.05, 3.63) is 23.8 Å². The van der Waals surface area contributed by atoms with Crippen molar-refractivity contribution in [1.29, 1.82) is 0 Å². The van der Waals surface area contributed by atoms with E-state index in [1.807, 2.05) is 0 Å². The number of hydrogen-bond donors (Lipinski definition) is 3. The highest BCUT2D eigenvalue weighted by atomic mass is 35.5. The van der Waals surface area contributed by atoms with Crippen molar-refractivity contribution in [1.82, 2.24) is 10.0 Å². The lowest BCUT2D eigenvalue weighted by atomic mass is 10.1. The number of nitrogens with one attached hydrogen (secondary N) is 3. The maximum atomic E-state index is 13.9. The highest BCUT2D eigenvalue weighted by molar-refractivity contribution is 7.89. The molecule has 0 radical (unpaired) electrons. The Morgan fingerprint density at radius 3 is 2.24 bits per heavy atom. The molecule has 0 aliphatic heterocycles. The fourth-order valence-electron chi connectivity index (χ4n) is 1.94. The van der Waals surface area contributed by atoms with Crippen LogP contribution in [0.1, 0.15) is 27.7 Å². The van der Waals surface area contributed by atoms with Crippen molar-refractivity contribution in [2.45, 2.75) is 38.1 Å². The summed E-state index contributed by atoms with van der Waals surface area (Å²) < 4.78 is 54.6. The molecule has 1 rings (SSSR count). The maximum Gasteiger partial charge on any atom is 0.244 e. The van der Waals surface area contributed by atoms with Crippen molar-refractivity contribution < 1.29 is 22.0 Å². The van der Waals surface area contributed by atoms with Gasteiger partial charge in [0.05, 0.1) is 5.69 Å². The van der Waals surface area contributed by atoms with Crippen LogP contribution in [0.15, 0.2) is 17.0 Å². The molecule has 1 aromatic rings. The van der Waals surface area contributed by atoms with Crippen molar-refractivity contribution in [2.24, 2.45) is 5.92 Å². The van der Waals surface area contributed by atoms with Gasteiger partial charge >= 0.3 is 0 Å².